The number of aromatic nitrogens is 5. The number of thiophene rings is 1. The molecule has 3 amide bonds. The van der Waals surface area contributed by atoms with Crippen LogP contribution in [-0.2, 0) is 16.6 Å². The lowest BCUT2D eigenvalue weighted by Gasteiger charge is -2.39. The van der Waals surface area contributed by atoms with Crippen molar-refractivity contribution in [2.75, 3.05) is 67.5 Å². The number of fused-ring (bicyclic) bond motifs is 6. The molecule has 4 aliphatic rings. The highest BCUT2D eigenvalue weighted by atomic mass is 32.1. The molecule has 6 aromatic rings. The second-order valence-corrected chi connectivity index (χ2v) is 17.1. The number of aryl methyl sites for hydroxylation is 1. The maximum atomic E-state index is 13.4. The van der Waals surface area contributed by atoms with Crippen LogP contribution in [0.4, 0.5) is 17.3 Å². The van der Waals surface area contributed by atoms with E-state index in [1.807, 2.05) is 49.6 Å². The molecule has 3 saturated heterocycles. The number of amides is 3. The van der Waals surface area contributed by atoms with Gasteiger partial charge in [0.2, 0.25) is 17.8 Å². The van der Waals surface area contributed by atoms with Crippen LogP contribution in [0.1, 0.15) is 48.3 Å². The molecule has 15 nitrogen and oxygen atoms in total. The van der Waals surface area contributed by atoms with Crippen molar-refractivity contribution in [3.8, 4) is 11.3 Å². The maximum absolute atomic E-state index is 13.4. The van der Waals surface area contributed by atoms with Gasteiger partial charge in [0.15, 0.2) is 0 Å². The number of benzene rings is 2. The zero-order valence-electron chi connectivity index (χ0n) is 32.5. The number of rotatable bonds is 6. The van der Waals surface area contributed by atoms with E-state index in [2.05, 4.69) is 42.8 Å². The van der Waals surface area contributed by atoms with Gasteiger partial charge in [-0.2, -0.15) is 0 Å². The highest BCUT2D eigenvalue weighted by Crippen LogP contribution is 2.41. The van der Waals surface area contributed by atoms with Crippen LogP contribution in [0.15, 0.2) is 59.7 Å². The molecule has 0 radical (unpaired) electrons. The molecule has 4 aliphatic heterocycles. The Hall–Kier alpha value is -5.87. The first-order chi connectivity index (χ1) is 28.2. The van der Waals surface area contributed by atoms with Gasteiger partial charge in [0.1, 0.15) is 10.9 Å². The van der Waals surface area contributed by atoms with Crippen molar-refractivity contribution in [1.29, 1.82) is 0 Å². The van der Waals surface area contributed by atoms with Gasteiger partial charge in [-0.3, -0.25) is 33.7 Å². The van der Waals surface area contributed by atoms with Crippen LogP contribution >= 0.6 is 11.3 Å². The van der Waals surface area contributed by atoms with Crippen LogP contribution in [-0.4, -0.2) is 105 Å². The van der Waals surface area contributed by atoms with Crippen LogP contribution in [0.2, 0.25) is 0 Å². The summed E-state index contributed by atoms with van der Waals surface area (Å²) in [5, 5.41) is 11.0. The number of piperazine rings is 1. The van der Waals surface area contributed by atoms with Gasteiger partial charge in [-0.1, -0.05) is 6.07 Å². The number of pyridine rings is 1. The van der Waals surface area contributed by atoms with Crippen molar-refractivity contribution in [2.24, 2.45) is 13.0 Å². The predicted molar refractivity (Wildman–Crippen MR) is 226 cm³/mol. The quantitative estimate of drug-likeness (QED) is 0.208. The van der Waals surface area contributed by atoms with Crippen LogP contribution in [0, 0.1) is 5.92 Å². The largest absolute Gasteiger partial charge is 0.381 e. The Kier molecular flexibility index (Phi) is 9.12. The Labute approximate surface area is 338 Å². The molecule has 4 aromatic heterocycles. The zero-order chi connectivity index (χ0) is 39.7. The second kappa shape index (κ2) is 14.5. The SMILES string of the molecule is C[C@@H]1CNc2c(sc3ccc4nc(-c5cnc(N6CCN(CC7CCN(c8cccc9c8n(C)c(=O)n9C8CCC(=O)NC8=O)CC7)CC6)nc5)ccc4c23)C(=O)N1. The summed E-state index contributed by atoms with van der Waals surface area (Å²) < 4.78 is 4.27. The lowest BCUT2D eigenvalue weighted by Crippen LogP contribution is -2.49. The van der Waals surface area contributed by atoms with Crippen LogP contribution in [0.25, 0.3) is 43.3 Å². The van der Waals surface area contributed by atoms with Gasteiger partial charge in [-0.05, 0) is 68.5 Å². The predicted octanol–water partition coefficient (Wildman–Crippen LogP) is 4.12. The molecule has 10 rings (SSSR count). The summed E-state index contributed by atoms with van der Waals surface area (Å²) in [5.41, 5.74) is 5.74. The van der Waals surface area contributed by atoms with Crippen molar-refractivity contribution >= 4 is 78.4 Å². The van der Waals surface area contributed by atoms with Gasteiger partial charge in [-0.15, -0.1) is 11.3 Å². The van der Waals surface area contributed by atoms with Gasteiger partial charge in [0.05, 0.1) is 33.6 Å². The Bertz CT molecular complexity index is 2670. The average Bonchev–Trinajstić information content (AvgIpc) is 3.70. The van der Waals surface area contributed by atoms with Crippen molar-refractivity contribution in [3.63, 3.8) is 0 Å². The molecular weight excluding hydrogens is 755 g/mol. The van der Waals surface area contributed by atoms with Gasteiger partial charge >= 0.3 is 5.69 Å². The molecule has 58 heavy (non-hydrogen) atoms. The van der Waals surface area contributed by atoms with Crippen molar-refractivity contribution < 1.29 is 14.4 Å². The highest BCUT2D eigenvalue weighted by Gasteiger charge is 2.33. The molecule has 2 atom stereocenters. The maximum Gasteiger partial charge on any atom is 0.329 e. The summed E-state index contributed by atoms with van der Waals surface area (Å²) in [6.07, 6.45) is 6.37. The first kappa shape index (κ1) is 36.5. The van der Waals surface area contributed by atoms with Gasteiger partial charge in [0.25, 0.3) is 5.91 Å². The van der Waals surface area contributed by atoms with E-state index in [9.17, 15) is 19.2 Å². The third kappa shape index (κ3) is 6.34. The molecular formula is C42H45N11O4S. The first-order valence-corrected chi connectivity index (χ1v) is 21.0. The average molecular weight is 800 g/mol. The summed E-state index contributed by atoms with van der Waals surface area (Å²) in [5.74, 6) is 0.562. The Morgan fingerprint density at radius 3 is 2.45 bits per heavy atom. The topological polar surface area (TPSA) is 163 Å². The molecule has 16 heteroatoms. The fraction of sp³-hybridized carbons (Fsp3) is 0.405. The third-order valence-electron chi connectivity index (χ3n) is 12.4. The van der Waals surface area contributed by atoms with Crippen molar-refractivity contribution in [3.05, 3.63) is 70.2 Å². The molecule has 0 bridgehead atoms. The van der Waals surface area contributed by atoms with Crippen molar-refractivity contribution in [1.82, 2.24) is 39.6 Å². The molecule has 3 fully saturated rings. The normalized spacial score (nSPS) is 21.0. The van der Waals surface area contributed by atoms with E-state index >= 15 is 0 Å². The molecule has 0 saturated carbocycles. The molecule has 1 unspecified atom stereocenters. The number of carbonyl (C=O) groups is 3. The number of imide groups is 1. The number of nitrogens with one attached hydrogen (secondary N) is 3. The van der Waals surface area contributed by atoms with E-state index < -0.39 is 11.9 Å². The Morgan fingerprint density at radius 1 is 0.879 bits per heavy atom. The number of nitrogens with zero attached hydrogens (tertiary/aromatic N) is 8. The number of hydrogen-bond acceptors (Lipinski definition) is 12. The van der Waals surface area contributed by atoms with E-state index in [1.54, 1.807) is 16.2 Å². The molecule has 3 N–H and O–H groups in total. The lowest BCUT2D eigenvalue weighted by molar-refractivity contribution is -0.135. The van der Waals surface area contributed by atoms with E-state index in [0.29, 0.717) is 23.8 Å². The summed E-state index contributed by atoms with van der Waals surface area (Å²) in [6.45, 7) is 9.12. The number of para-hydroxylation sites is 1. The van der Waals surface area contributed by atoms with Crippen LogP contribution < -0.4 is 31.4 Å². The minimum Gasteiger partial charge on any atom is -0.381 e. The van der Waals surface area contributed by atoms with Gasteiger partial charge in [0, 0.05) is 105 Å². The molecule has 2 aromatic carbocycles. The minimum atomic E-state index is -0.695. The standard InChI is InChI=1S/C42H45N11O4S/c1-24-20-43-36-35-27-6-7-28(47-29(27)8-10-33(35)58-38(36)40(56)46-24)26-21-44-41(45-22-26)52-18-16-50(17-19-52)23-25-12-14-51(15-13-25)30-4-3-5-31-37(30)49(2)42(57)53(31)32-9-11-34(54)48-39(32)55/h3-8,10,21-22,24-25,32,43H,9,11-20,23H2,1-2H3,(H,46,56)(H,48,54,55)/t24-,32?/m1/s1. The molecule has 8 heterocycles. The highest BCUT2D eigenvalue weighted by molar-refractivity contribution is 7.21. The summed E-state index contributed by atoms with van der Waals surface area (Å²) in [7, 11) is 1.76. The number of hydrogen-bond donors (Lipinski definition) is 3. The minimum absolute atomic E-state index is 0.0352. The molecule has 0 spiro atoms. The first-order valence-electron chi connectivity index (χ1n) is 20.2. The third-order valence-corrected chi connectivity index (χ3v) is 13.5. The van der Waals surface area contributed by atoms with E-state index in [-0.39, 0.29) is 30.0 Å². The Morgan fingerprint density at radius 2 is 1.67 bits per heavy atom. The number of anilines is 3. The monoisotopic (exact) mass is 799 g/mol. The van der Waals surface area contributed by atoms with E-state index in [1.165, 1.54) is 11.3 Å². The van der Waals surface area contributed by atoms with E-state index in [0.717, 1.165) is 119 Å². The summed E-state index contributed by atoms with van der Waals surface area (Å²) >= 11 is 1.51. The molecule has 0 aliphatic carbocycles. The van der Waals surface area contributed by atoms with Gasteiger partial charge in [-0.25, -0.2) is 19.7 Å². The lowest BCUT2D eigenvalue weighted by atomic mass is 9.95. The van der Waals surface area contributed by atoms with E-state index in [4.69, 9.17) is 15.0 Å². The fourth-order valence-corrected chi connectivity index (χ4v) is 10.4. The van der Waals surface area contributed by atoms with Gasteiger partial charge < -0.3 is 20.4 Å². The van der Waals surface area contributed by atoms with Crippen LogP contribution in [0.5, 0.6) is 0 Å². The molecule has 298 valence electrons. The Balaban J connectivity index is 0.758. The smallest absolute Gasteiger partial charge is 0.329 e. The fourth-order valence-electron chi connectivity index (χ4n) is 9.26. The summed E-state index contributed by atoms with van der Waals surface area (Å²) in [6, 6.07) is 13.4. The number of imidazole rings is 1. The zero-order valence-corrected chi connectivity index (χ0v) is 33.3. The van der Waals surface area contributed by atoms with Crippen molar-refractivity contribution in [2.45, 2.75) is 44.7 Å². The number of piperidine rings is 2. The number of carbonyl (C=O) groups excluding carboxylic acids is 3. The summed E-state index contributed by atoms with van der Waals surface area (Å²) in [4.78, 5) is 73.2. The second-order valence-electron chi connectivity index (χ2n) is 16.1. The van der Waals surface area contributed by atoms with Crippen LogP contribution in [0.3, 0.4) is 0 Å².